The lowest BCUT2D eigenvalue weighted by Gasteiger charge is -2.25. The predicted molar refractivity (Wildman–Crippen MR) is 172 cm³/mol. The van der Waals surface area contributed by atoms with Crippen molar-refractivity contribution in [2.45, 2.75) is 26.8 Å². The molecule has 0 unspecified atom stereocenters. The molecule has 232 valence electrons. The van der Waals surface area contributed by atoms with Gasteiger partial charge in [-0.25, -0.2) is 9.79 Å². The number of esters is 1. The summed E-state index contributed by atoms with van der Waals surface area (Å²) in [5.41, 5.74) is 2.64. The zero-order chi connectivity index (χ0) is 31.9. The van der Waals surface area contributed by atoms with E-state index in [0.29, 0.717) is 55.7 Å². The average Bonchev–Trinajstić information content (AvgIpc) is 3.34. The van der Waals surface area contributed by atoms with E-state index in [9.17, 15) is 14.4 Å². The number of hydrogen-bond donors (Lipinski definition) is 1. The first kappa shape index (κ1) is 31.3. The lowest BCUT2D eigenvalue weighted by molar-refractivity contribution is -0.145. The normalized spacial score (nSPS) is 14.3. The molecule has 1 aliphatic rings. The van der Waals surface area contributed by atoms with Crippen molar-refractivity contribution in [3.8, 4) is 17.2 Å². The second-order valence-corrected chi connectivity index (χ2v) is 10.9. The van der Waals surface area contributed by atoms with Gasteiger partial charge in [-0.15, -0.1) is 0 Å². The van der Waals surface area contributed by atoms with E-state index in [0.717, 1.165) is 5.56 Å². The summed E-state index contributed by atoms with van der Waals surface area (Å²) >= 11 is 1.23. The molecule has 1 atom stereocenters. The molecule has 3 aromatic carbocycles. The molecule has 11 heteroatoms. The van der Waals surface area contributed by atoms with Gasteiger partial charge in [-0.1, -0.05) is 47.7 Å². The molecule has 0 spiro atoms. The number of benzene rings is 3. The highest BCUT2D eigenvalue weighted by Gasteiger charge is 2.32. The van der Waals surface area contributed by atoms with E-state index in [2.05, 4.69) is 5.32 Å². The van der Waals surface area contributed by atoms with Crippen LogP contribution >= 0.6 is 11.3 Å². The van der Waals surface area contributed by atoms with Crippen molar-refractivity contribution in [3.05, 3.63) is 115 Å². The van der Waals surface area contributed by atoms with E-state index in [-0.39, 0.29) is 24.7 Å². The minimum atomic E-state index is -0.726. The molecular weight excluding hydrogens is 594 g/mol. The molecule has 0 saturated heterocycles. The van der Waals surface area contributed by atoms with Gasteiger partial charge in [0, 0.05) is 5.69 Å². The van der Waals surface area contributed by atoms with E-state index in [4.69, 9.17) is 23.9 Å². The van der Waals surface area contributed by atoms with E-state index in [1.165, 1.54) is 11.3 Å². The van der Waals surface area contributed by atoms with Crippen LogP contribution in [-0.2, 0) is 14.3 Å². The van der Waals surface area contributed by atoms with Gasteiger partial charge in [0.1, 0.15) is 5.75 Å². The van der Waals surface area contributed by atoms with Gasteiger partial charge in [0.05, 0.1) is 42.2 Å². The number of ether oxygens (including phenoxy) is 4. The number of carbonyl (C=O) groups excluding carboxylic acids is 2. The number of rotatable bonds is 11. The van der Waals surface area contributed by atoms with Crippen LogP contribution < -0.4 is 34.4 Å². The topological polar surface area (TPSA) is 117 Å². The fourth-order valence-electron chi connectivity index (χ4n) is 4.93. The summed E-state index contributed by atoms with van der Waals surface area (Å²) in [7, 11) is 1.58. The summed E-state index contributed by atoms with van der Waals surface area (Å²) < 4.78 is 23.7. The molecule has 0 aliphatic carbocycles. The minimum Gasteiger partial charge on any atom is -0.497 e. The number of nitrogens with one attached hydrogen (secondary N) is 1. The second kappa shape index (κ2) is 14.1. The highest BCUT2D eigenvalue weighted by Crippen LogP contribution is 2.32. The monoisotopic (exact) mass is 627 g/mol. The molecule has 0 saturated carbocycles. The minimum absolute atomic E-state index is 0.253. The number of allylic oxidation sites excluding steroid dienone is 1. The number of para-hydroxylation sites is 1. The fourth-order valence-corrected chi connectivity index (χ4v) is 5.97. The third kappa shape index (κ3) is 6.99. The van der Waals surface area contributed by atoms with Crippen molar-refractivity contribution in [2.24, 2.45) is 4.99 Å². The molecule has 5 rings (SSSR count). The van der Waals surface area contributed by atoms with Crippen LogP contribution in [0, 0.1) is 0 Å². The zero-order valence-electron chi connectivity index (χ0n) is 25.4. The highest BCUT2D eigenvalue weighted by atomic mass is 32.1. The van der Waals surface area contributed by atoms with Crippen molar-refractivity contribution in [3.63, 3.8) is 0 Å². The lowest BCUT2D eigenvalue weighted by Crippen LogP contribution is -2.40. The quantitative estimate of drug-likeness (QED) is 0.248. The molecule has 1 aromatic heterocycles. The maximum absolute atomic E-state index is 14.1. The summed E-state index contributed by atoms with van der Waals surface area (Å²) in [6.07, 6.45) is 1.75. The molecule has 1 aliphatic heterocycles. The molecule has 2 heterocycles. The molecule has 45 heavy (non-hydrogen) atoms. The van der Waals surface area contributed by atoms with Gasteiger partial charge in [-0.3, -0.25) is 14.2 Å². The maximum Gasteiger partial charge on any atom is 0.344 e. The summed E-state index contributed by atoms with van der Waals surface area (Å²) in [5, 5.41) is 2.95. The van der Waals surface area contributed by atoms with Crippen LogP contribution in [0.5, 0.6) is 17.2 Å². The van der Waals surface area contributed by atoms with E-state index < -0.39 is 12.0 Å². The zero-order valence-corrected chi connectivity index (χ0v) is 26.2. The fraction of sp³-hybridized carbons (Fsp3) is 0.235. The number of fused-ring (bicyclic) bond motifs is 1. The molecule has 0 radical (unpaired) electrons. The number of amides is 1. The lowest BCUT2D eigenvalue weighted by atomic mass is 9.95. The molecule has 1 N–H and O–H groups in total. The largest absolute Gasteiger partial charge is 0.497 e. The number of anilines is 1. The number of thiazole rings is 1. The maximum atomic E-state index is 14.1. The van der Waals surface area contributed by atoms with E-state index in [1.54, 1.807) is 74.1 Å². The van der Waals surface area contributed by atoms with E-state index in [1.807, 2.05) is 37.3 Å². The Hall–Kier alpha value is -5.16. The number of nitrogens with zero attached hydrogens (tertiary/aromatic N) is 2. The van der Waals surface area contributed by atoms with Crippen molar-refractivity contribution in [2.75, 3.05) is 32.2 Å². The Balaban J connectivity index is 1.57. The Morgan fingerprint density at radius 2 is 1.73 bits per heavy atom. The van der Waals surface area contributed by atoms with Crippen LogP contribution in [-0.4, -0.2) is 43.4 Å². The average molecular weight is 628 g/mol. The Kier molecular flexibility index (Phi) is 9.79. The molecule has 10 nitrogen and oxygen atoms in total. The summed E-state index contributed by atoms with van der Waals surface area (Å²) in [4.78, 5) is 44.8. The Morgan fingerprint density at radius 1 is 0.978 bits per heavy atom. The molecule has 0 bridgehead atoms. The summed E-state index contributed by atoms with van der Waals surface area (Å²) in [6, 6.07) is 20.9. The van der Waals surface area contributed by atoms with Crippen LogP contribution in [0.4, 0.5) is 5.69 Å². The van der Waals surface area contributed by atoms with Gasteiger partial charge >= 0.3 is 5.97 Å². The van der Waals surface area contributed by atoms with Crippen LogP contribution in [0.3, 0.4) is 0 Å². The predicted octanol–water partition coefficient (Wildman–Crippen LogP) is 4.22. The number of hydrogen-bond acceptors (Lipinski definition) is 9. The smallest absolute Gasteiger partial charge is 0.344 e. The highest BCUT2D eigenvalue weighted by molar-refractivity contribution is 7.07. The first-order valence-corrected chi connectivity index (χ1v) is 15.2. The van der Waals surface area contributed by atoms with Gasteiger partial charge < -0.3 is 24.3 Å². The molecular formula is C34H33N3O7S. The molecule has 1 amide bonds. The van der Waals surface area contributed by atoms with Crippen LogP contribution in [0.1, 0.15) is 37.9 Å². The van der Waals surface area contributed by atoms with Crippen molar-refractivity contribution >= 4 is 35.0 Å². The summed E-state index contributed by atoms with van der Waals surface area (Å²) in [6.45, 7) is 5.72. The Morgan fingerprint density at radius 3 is 2.42 bits per heavy atom. The first-order chi connectivity index (χ1) is 21.8. The first-order valence-electron chi connectivity index (χ1n) is 14.4. The second-order valence-electron chi connectivity index (χ2n) is 9.91. The SMILES string of the molecule is CCOC(=O)COc1ccc(/C=c2/sc3n(c2=O)[C@H](c2ccc(OC)cc2)C(C(=O)Nc2ccccc2)=C(C)N=3)cc1OCC. The van der Waals surface area contributed by atoms with Crippen LogP contribution in [0.25, 0.3) is 6.08 Å². The number of carbonyl (C=O) groups is 2. The van der Waals surface area contributed by atoms with Crippen molar-refractivity contribution < 1.29 is 28.5 Å². The number of aromatic nitrogens is 1. The third-order valence-electron chi connectivity index (χ3n) is 6.95. The van der Waals surface area contributed by atoms with Gasteiger partial charge in [0.15, 0.2) is 22.9 Å². The van der Waals surface area contributed by atoms with Gasteiger partial charge in [-0.05, 0) is 74.4 Å². The van der Waals surface area contributed by atoms with Crippen LogP contribution in [0.15, 0.2) is 93.9 Å². The van der Waals surface area contributed by atoms with Crippen LogP contribution in [0.2, 0.25) is 0 Å². The van der Waals surface area contributed by atoms with E-state index >= 15 is 0 Å². The number of methoxy groups -OCH3 is 1. The van der Waals surface area contributed by atoms with Crippen molar-refractivity contribution in [1.29, 1.82) is 0 Å². The van der Waals surface area contributed by atoms with Crippen molar-refractivity contribution in [1.82, 2.24) is 4.57 Å². The van der Waals surface area contributed by atoms with Gasteiger partial charge in [0.25, 0.3) is 11.5 Å². The van der Waals surface area contributed by atoms with Gasteiger partial charge in [0.2, 0.25) is 0 Å². The molecule has 0 fully saturated rings. The molecule has 4 aromatic rings. The Bertz CT molecular complexity index is 1910. The summed E-state index contributed by atoms with van der Waals surface area (Å²) in [5.74, 6) is 0.630. The third-order valence-corrected chi connectivity index (χ3v) is 7.93. The Labute approximate surface area is 263 Å². The standard InChI is InChI=1S/C34H33N3O7S/c1-5-42-27-18-22(12-17-26(27)44-20-29(38)43-6-2)19-28-33(40)37-31(23-13-15-25(41-4)16-14-23)30(21(3)35-34(37)45-28)32(39)36-24-10-8-7-9-11-24/h7-19,31H,5-6,20H2,1-4H3,(H,36,39)/b28-19+/t31-/m1/s1. The van der Waals surface area contributed by atoms with Gasteiger partial charge in [-0.2, -0.15) is 0 Å².